The summed E-state index contributed by atoms with van der Waals surface area (Å²) in [5.74, 6) is 1.05. The van der Waals surface area contributed by atoms with Crippen LogP contribution in [0.3, 0.4) is 0 Å². The zero-order valence-corrected chi connectivity index (χ0v) is 15.9. The van der Waals surface area contributed by atoms with Gasteiger partial charge in [-0.15, -0.1) is 0 Å². The number of unbranched alkanes of at least 4 members (excludes halogenated alkanes) is 1. The third-order valence-electron chi connectivity index (χ3n) is 3.72. The largest absolute Gasteiger partial charge is 0.495 e. The van der Waals surface area contributed by atoms with Crippen molar-refractivity contribution in [3.63, 3.8) is 0 Å². The Balaban J connectivity index is 2.20. The highest BCUT2D eigenvalue weighted by Crippen LogP contribution is 2.37. The summed E-state index contributed by atoms with van der Waals surface area (Å²) >= 11 is 6.28. The second-order valence-electron chi connectivity index (χ2n) is 5.60. The first-order valence-electron chi connectivity index (χ1n) is 8.25. The van der Waals surface area contributed by atoms with E-state index in [4.69, 9.17) is 31.5 Å². The number of rotatable bonds is 8. The zero-order chi connectivity index (χ0) is 19.1. The first-order valence-corrected chi connectivity index (χ1v) is 8.63. The Morgan fingerprint density at radius 2 is 1.88 bits per heavy atom. The molecule has 2 aromatic carbocycles. The number of amides is 1. The Hall–Kier alpha value is -2.60. The van der Waals surface area contributed by atoms with Crippen molar-refractivity contribution in [1.29, 1.82) is 0 Å². The van der Waals surface area contributed by atoms with Crippen molar-refractivity contribution in [3.05, 3.63) is 40.9 Å². The molecule has 0 saturated heterocycles. The smallest absolute Gasteiger partial charge is 0.255 e. The maximum absolute atomic E-state index is 12.5. The topological polar surface area (TPSA) is 82.8 Å². The minimum atomic E-state index is -0.338. The van der Waals surface area contributed by atoms with Gasteiger partial charge in [-0.1, -0.05) is 24.9 Å². The number of nitrogens with two attached hydrogens (primary N) is 1. The van der Waals surface area contributed by atoms with Gasteiger partial charge in [-0.25, -0.2) is 0 Å². The van der Waals surface area contributed by atoms with Crippen molar-refractivity contribution in [1.82, 2.24) is 0 Å². The van der Waals surface area contributed by atoms with Crippen LogP contribution in [0.15, 0.2) is 30.3 Å². The molecule has 0 saturated carbocycles. The summed E-state index contributed by atoms with van der Waals surface area (Å²) in [6.07, 6.45) is 1.91. The van der Waals surface area contributed by atoms with E-state index in [1.165, 1.54) is 14.2 Å². The summed E-state index contributed by atoms with van der Waals surface area (Å²) in [5.41, 5.74) is 7.19. The summed E-state index contributed by atoms with van der Waals surface area (Å²) in [4.78, 5) is 12.5. The van der Waals surface area contributed by atoms with Crippen LogP contribution in [0.1, 0.15) is 30.1 Å². The molecule has 0 bridgehead atoms. The highest BCUT2D eigenvalue weighted by atomic mass is 35.5. The van der Waals surface area contributed by atoms with E-state index < -0.39 is 0 Å². The van der Waals surface area contributed by atoms with Gasteiger partial charge in [-0.05, 0) is 36.8 Å². The predicted molar refractivity (Wildman–Crippen MR) is 104 cm³/mol. The second kappa shape index (κ2) is 9.20. The van der Waals surface area contributed by atoms with E-state index in [0.717, 1.165) is 12.8 Å². The van der Waals surface area contributed by atoms with Gasteiger partial charge in [0, 0.05) is 11.3 Å². The Morgan fingerprint density at radius 1 is 1.15 bits per heavy atom. The Morgan fingerprint density at radius 3 is 2.50 bits per heavy atom. The van der Waals surface area contributed by atoms with E-state index in [9.17, 15) is 4.79 Å². The number of halogens is 1. The third kappa shape index (κ3) is 4.73. The Bertz CT molecular complexity index is 780. The van der Waals surface area contributed by atoms with Gasteiger partial charge in [-0.3, -0.25) is 4.79 Å². The lowest BCUT2D eigenvalue weighted by atomic mass is 10.1. The molecule has 26 heavy (non-hydrogen) atoms. The SMILES string of the molecule is CCCCOc1c(Cl)cc(C(=O)Nc2ccc(OC)c(N)c2)cc1OC. The van der Waals surface area contributed by atoms with Crippen LogP contribution in [-0.4, -0.2) is 26.7 Å². The van der Waals surface area contributed by atoms with Crippen molar-refractivity contribution in [3.8, 4) is 17.2 Å². The van der Waals surface area contributed by atoms with Gasteiger partial charge in [0.25, 0.3) is 5.91 Å². The average molecular weight is 379 g/mol. The molecule has 0 aliphatic heterocycles. The van der Waals surface area contributed by atoms with Crippen LogP contribution in [0, 0.1) is 0 Å². The molecule has 140 valence electrons. The fourth-order valence-electron chi connectivity index (χ4n) is 2.32. The Kier molecular flexibility index (Phi) is 6.97. The molecule has 0 aromatic heterocycles. The molecule has 0 aliphatic rings. The quantitative estimate of drug-likeness (QED) is 0.526. The maximum Gasteiger partial charge on any atom is 0.255 e. The lowest BCUT2D eigenvalue weighted by Crippen LogP contribution is -2.13. The van der Waals surface area contributed by atoms with Crippen molar-refractivity contribution in [2.24, 2.45) is 0 Å². The summed E-state index contributed by atoms with van der Waals surface area (Å²) in [7, 11) is 3.03. The number of nitrogens with one attached hydrogen (secondary N) is 1. The van der Waals surface area contributed by atoms with E-state index in [1.54, 1.807) is 30.3 Å². The maximum atomic E-state index is 12.5. The van der Waals surface area contributed by atoms with E-state index in [-0.39, 0.29) is 5.91 Å². The molecule has 0 unspecified atom stereocenters. The molecule has 2 rings (SSSR count). The monoisotopic (exact) mass is 378 g/mol. The average Bonchev–Trinajstić information content (AvgIpc) is 2.62. The minimum Gasteiger partial charge on any atom is -0.495 e. The van der Waals surface area contributed by atoms with Crippen molar-refractivity contribution < 1.29 is 19.0 Å². The van der Waals surface area contributed by atoms with Gasteiger partial charge in [0.1, 0.15) is 5.75 Å². The number of benzene rings is 2. The van der Waals surface area contributed by atoms with Crippen LogP contribution in [0.4, 0.5) is 11.4 Å². The van der Waals surface area contributed by atoms with Gasteiger partial charge in [0.15, 0.2) is 11.5 Å². The highest BCUT2D eigenvalue weighted by Gasteiger charge is 2.16. The number of hydrogen-bond acceptors (Lipinski definition) is 5. The molecule has 0 heterocycles. The summed E-state index contributed by atoms with van der Waals surface area (Å²) < 4.78 is 16.1. The van der Waals surface area contributed by atoms with Crippen LogP contribution in [0.25, 0.3) is 0 Å². The molecule has 7 heteroatoms. The van der Waals surface area contributed by atoms with Crippen molar-refractivity contribution >= 4 is 28.9 Å². The molecule has 1 amide bonds. The zero-order valence-electron chi connectivity index (χ0n) is 15.1. The number of ether oxygens (including phenoxy) is 3. The number of methoxy groups -OCH3 is 2. The first-order chi connectivity index (χ1) is 12.5. The first kappa shape index (κ1) is 19.7. The van der Waals surface area contributed by atoms with Crippen LogP contribution in [-0.2, 0) is 0 Å². The van der Waals surface area contributed by atoms with E-state index in [0.29, 0.717) is 45.8 Å². The molecular weight excluding hydrogens is 356 g/mol. The molecule has 0 atom stereocenters. The molecule has 0 aliphatic carbocycles. The highest BCUT2D eigenvalue weighted by molar-refractivity contribution is 6.32. The van der Waals surface area contributed by atoms with Gasteiger partial charge < -0.3 is 25.3 Å². The molecular formula is C19H23ClN2O4. The molecule has 0 fully saturated rings. The molecule has 0 spiro atoms. The lowest BCUT2D eigenvalue weighted by Gasteiger charge is -2.14. The number of anilines is 2. The predicted octanol–water partition coefficient (Wildman–Crippen LogP) is 4.37. The molecule has 6 nitrogen and oxygen atoms in total. The van der Waals surface area contributed by atoms with Gasteiger partial charge >= 0.3 is 0 Å². The number of carbonyl (C=O) groups excluding carboxylic acids is 1. The second-order valence-corrected chi connectivity index (χ2v) is 6.01. The van der Waals surface area contributed by atoms with E-state index in [2.05, 4.69) is 12.2 Å². The summed E-state index contributed by atoms with van der Waals surface area (Å²) in [5, 5.41) is 3.09. The normalized spacial score (nSPS) is 10.3. The third-order valence-corrected chi connectivity index (χ3v) is 4.00. The molecule has 3 N–H and O–H groups in total. The van der Waals surface area contributed by atoms with Gasteiger partial charge in [-0.2, -0.15) is 0 Å². The fraction of sp³-hybridized carbons (Fsp3) is 0.316. The summed E-state index contributed by atoms with van der Waals surface area (Å²) in [6, 6.07) is 8.15. The van der Waals surface area contributed by atoms with Gasteiger partial charge in [0.05, 0.1) is 31.5 Å². The van der Waals surface area contributed by atoms with Crippen LogP contribution < -0.4 is 25.3 Å². The van der Waals surface area contributed by atoms with Crippen molar-refractivity contribution in [2.45, 2.75) is 19.8 Å². The van der Waals surface area contributed by atoms with Crippen LogP contribution in [0.5, 0.6) is 17.2 Å². The fourth-order valence-corrected chi connectivity index (χ4v) is 2.59. The lowest BCUT2D eigenvalue weighted by molar-refractivity contribution is 0.102. The Labute approximate surface area is 158 Å². The van der Waals surface area contributed by atoms with Crippen LogP contribution >= 0.6 is 11.6 Å². The van der Waals surface area contributed by atoms with E-state index >= 15 is 0 Å². The molecule has 2 aromatic rings. The summed E-state index contributed by atoms with van der Waals surface area (Å²) in [6.45, 7) is 2.60. The minimum absolute atomic E-state index is 0.319. The van der Waals surface area contributed by atoms with Crippen LogP contribution in [0.2, 0.25) is 5.02 Å². The van der Waals surface area contributed by atoms with Crippen molar-refractivity contribution in [2.75, 3.05) is 31.9 Å². The number of carbonyl (C=O) groups is 1. The number of hydrogen-bond donors (Lipinski definition) is 2. The standard InChI is InChI=1S/C19H23ClN2O4/c1-4-5-8-26-18-14(20)9-12(10-17(18)25-3)19(23)22-13-6-7-16(24-2)15(21)11-13/h6-7,9-11H,4-5,8,21H2,1-3H3,(H,22,23). The molecule has 0 radical (unpaired) electrons. The number of nitrogen functional groups attached to an aromatic ring is 1. The van der Waals surface area contributed by atoms with E-state index in [1.807, 2.05) is 0 Å². The van der Waals surface area contributed by atoms with Gasteiger partial charge in [0.2, 0.25) is 0 Å².